The molecule has 0 amide bonds. The first-order valence-electron chi connectivity index (χ1n) is 6.90. The normalized spacial score (nSPS) is 51.1. The highest BCUT2D eigenvalue weighted by Gasteiger charge is 2.58. The van der Waals surface area contributed by atoms with Crippen molar-refractivity contribution in [2.75, 3.05) is 17.6 Å². The van der Waals surface area contributed by atoms with Gasteiger partial charge < -0.3 is 39.7 Å². The number of halogens is 3. The minimum atomic E-state index is -1.90. The molecule has 0 aromatic carbocycles. The van der Waals surface area contributed by atoms with Crippen molar-refractivity contribution in [1.82, 2.24) is 0 Å². The summed E-state index contributed by atoms with van der Waals surface area (Å²) in [5, 5.41) is 49.6. The van der Waals surface area contributed by atoms with E-state index < -0.39 is 60.7 Å². The maximum atomic E-state index is 10.1. The topological polar surface area (TPSA) is 129 Å². The molecular formula is C12H19Cl3O8. The molecule has 136 valence electrons. The second kappa shape index (κ2) is 7.84. The van der Waals surface area contributed by atoms with Gasteiger partial charge in [0.1, 0.15) is 42.7 Å². The molecule has 23 heavy (non-hydrogen) atoms. The second-order valence-corrected chi connectivity index (χ2v) is 6.36. The molecule has 0 bridgehead atoms. The summed E-state index contributed by atoms with van der Waals surface area (Å²) >= 11 is 17.1. The molecule has 0 aromatic heterocycles. The Hall–Kier alpha value is 0.550. The maximum absolute atomic E-state index is 10.1. The van der Waals surface area contributed by atoms with E-state index in [1.54, 1.807) is 0 Å². The van der Waals surface area contributed by atoms with E-state index in [4.69, 9.17) is 49.0 Å². The van der Waals surface area contributed by atoms with E-state index >= 15 is 0 Å². The molecule has 2 heterocycles. The molecule has 5 N–H and O–H groups in total. The monoisotopic (exact) mass is 396 g/mol. The summed E-state index contributed by atoms with van der Waals surface area (Å²) in [6.07, 6.45) is -11.0. The Morgan fingerprint density at radius 1 is 0.826 bits per heavy atom. The van der Waals surface area contributed by atoms with Crippen LogP contribution < -0.4 is 0 Å². The summed E-state index contributed by atoms with van der Waals surface area (Å²) in [5.41, 5.74) is 0. The van der Waals surface area contributed by atoms with Crippen LogP contribution in [0.2, 0.25) is 0 Å². The van der Waals surface area contributed by atoms with Crippen LogP contribution in [-0.2, 0) is 14.2 Å². The summed E-state index contributed by atoms with van der Waals surface area (Å²) in [4.78, 5) is 0. The molecule has 0 spiro atoms. The van der Waals surface area contributed by atoms with Crippen molar-refractivity contribution < 1.29 is 39.7 Å². The first-order valence-corrected chi connectivity index (χ1v) is 8.51. The smallest absolute Gasteiger partial charge is 0.214 e. The van der Waals surface area contributed by atoms with E-state index in [0.29, 0.717) is 0 Å². The van der Waals surface area contributed by atoms with Gasteiger partial charge in [0, 0.05) is 0 Å². The number of hydrogen-bond donors (Lipinski definition) is 5. The van der Waals surface area contributed by atoms with Crippen molar-refractivity contribution in [3.63, 3.8) is 0 Å². The lowest BCUT2D eigenvalue weighted by molar-refractivity contribution is -0.366. The summed E-state index contributed by atoms with van der Waals surface area (Å²) in [5.74, 6) is -2.60. The number of rotatable bonds is 5. The molecule has 2 fully saturated rings. The molecule has 0 aromatic rings. The predicted octanol–water partition coefficient (Wildman–Crippen LogP) is -1.66. The molecule has 8 nitrogen and oxygen atoms in total. The van der Waals surface area contributed by atoms with Gasteiger partial charge in [0.2, 0.25) is 5.79 Å². The zero-order chi connectivity index (χ0) is 17.4. The maximum Gasteiger partial charge on any atom is 0.214 e. The Morgan fingerprint density at radius 2 is 1.43 bits per heavy atom. The van der Waals surface area contributed by atoms with Gasteiger partial charge in [-0.3, -0.25) is 0 Å². The SMILES string of the molecule is OC1C(O)[C@H](O)C(CCl)O[C@@H]1O[C@]1(CCl)O[C@H](CCl)C(O)C1O. The van der Waals surface area contributed by atoms with Crippen LogP contribution in [0, 0.1) is 0 Å². The number of alkyl halides is 3. The van der Waals surface area contributed by atoms with E-state index in [1.165, 1.54) is 0 Å². The van der Waals surface area contributed by atoms with Crippen molar-refractivity contribution >= 4 is 34.8 Å². The Kier molecular flexibility index (Phi) is 6.77. The third kappa shape index (κ3) is 3.58. The van der Waals surface area contributed by atoms with E-state index in [-0.39, 0.29) is 11.8 Å². The van der Waals surface area contributed by atoms with Gasteiger partial charge in [-0.15, -0.1) is 34.8 Å². The molecule has 2 aliphatic heterocycles. The zero-order valence-corrected chi connectivity index (χ0v) is 14.1. The van der Waals surface area contributed by atoms with Crippen LogP contribution in [-0.4, -0.2) is 98.0 Å². The van der Waals surface area contributed by atoms with Gasteiger partial charge in [-0.25, -0.2) is 0 Å². The van der Waals surface area contributed by atoms with E-state index in [9.17, 15) is 25.5 Å². The van der Waals surface area contributed by atoms with Gasteiger partial charge >= 0.3 is 0 Å². The highest BCUT2D eigenvalue weighted by atomic mass is 35.5. The average molecular weight is 398 g/mol. The van der Waals surface area contributed by atoms with Crippen LogP contribution in [0.1, 0.15) is 0 Å². The molecule has 5 unspecified atom stereocenters. The third-order valence-corrected chi connectivity index (χ3v) is 4.96. The largest absolute Gasteiger partial charge is 0.388 e. The molecule has 9 atom stereocenters. The first kappa shape index (κ1) is 19.9. The fraction of sp³-hybridized carbons (Fsp3) is 1.00. The number of aliphatic hydroxyl groups is 5. The molecular weight excluding hydrogens is 378 g/mol. The van der Waals surface area contributed by atoms with Gasteiger partial charge in [-0.2, -0.15) is 0 Å². The number of aliphatic hydroxyl groups excluding tert-OH is 5. The number of ether oxygens (including phenoxy) is 3. The van der Waals surface area contributed by atoms with E-state index in [0.717, 1.165) is 0 Å². The Balaban J connectivity index is 2.18. The Bertz CT molecular complexity index is 403. The van der Waals surface area contributed by atoms with Crippen molar-refractivity contribution in [3.8, 4) is 0 Å². The van der Waals surface area contributed by atoms with Crippen LogP contribution >= 0.6 is 34.8 Å². The summed E-state index contributed by atoms with van der Waals surface area (Å²) < 4.78 is 16.1. The van der Waals surface area contributed by atoms with Crippen LogP contribution in [0.25, 0.3) is 0 Å². The van der Waals surface area contributed by atoms with Crippen molar-refractivity contribution in [3.05, 3.63) is 0 Å². The average Bonchev–Trinajstić information content (AvgIpc) is 2.80. The van der Waals surface area contributed by atoms with Gasteiger partial charge in [0.15, 0.2) is 6.29 Å². The van der Waals surface area contributed by atoms with Crippen LogP contribution in [0.3, 0.4) is 0 Å². The minimum absolute atomic E-state index is 0.125. The lowest BCUT2D eigenvalue weighted by Crippen LogP contribution is -2.62. The van der Waals surface area contributed by atoms with Crippen molar-refractivity contribution in [2.24, 2.45) is 0 Å². The van der Waals surface area contributed by atoms with E-state index in [1.807, 2.05) is 0 Å². The molecule has 0 saturated carbocycles. The summed E-state index contributed by atoms with van der Waals surface area (Å²) in [6.45, 7) is 0. The molecule has 0 aliphatic carbocycles. The predicted molar refractivity (Wildman–Crippen MR) is 79.5 cm³/mol. The molecule has 2 aliphatic rings. The zero-order valence-electron chi connectivity index (χ0n) is 11.8. The molecule has 11 heteroatoms. The Labute approximate surface area is 147 Å². The van der Waals surface area contributed by atoms with Gasteiger partial charge in [-0.05, 0) is 0 Å². The molecule has 2 rings (SSSR count). The van der Waals surface area contributed by atoms with Crippen LogP contribution in [0.4, 0.5) is 0 Å². The standard InChI is InChI=1S/C12H19Cl3O8/c13-1-4-6(16)8(18)9(19)11(21-4)23-12(3-15)10(20)7(17)5(2-14)22-12/h4-11,16-20H,1-3H2/t4?,5-,6-,7?,8?,9?,10?,11-,12+/m1/s1. The fourth-order valence-corrected chi connectivity index (χ4v) is 3.34. The van der Waals surface area contributed by atoms with E-state index in [2.05, 4.69) is 0 Å². The summed E-state index contributed by atoms with van der Waals surface area (Å²) in [6, 6.07) is 0. The van der Waals surface area contributed by atoms with Crippen LogP contribution in [0.5, 0.6) is 0 Å². The quantitative estimate of drug-likeness (QED) is 0.349. The van der Waals surface area contributed by atoms with Crippen molar-refractivity contribution in [1.29, 1.82) is 0 Å². The number of hydrogen-bond acceptors (Lipinski definition) is 8. The van der Waals surface area contributed by atoms with Crippen molar-refractivity contribution in [2.45, 2.75) is 54.8 Å². The summed E-state index contributed by atoms with van der Waals surface area (Å²) in [7, 11) is 0. The molecule has 0 radical (unpaired) electrons. The minimum Gasteiger partial charge on any atom is -0.388 e. The lowest BCUT2D eigenvalue weighted by Gasteiger charge is -2.43. The molecule has 2 saturated heterocycles. The van der Waals surface area contributed by atoms with Gasteiger partial charge in [-0.1, -0.05) is 0 Å². The highest BCUT2D eigenvalue weighted by molar-refractivity contribution is 6.19. The second-order valence-electron chi connectivity index (χ2n) is 5.48. The fourth-order valence-electron chi connectivity index (χ4n) is 2.56. The highest BCUT2D eigenvalue weighted by Crippen LogP contribution is 2.37. The van der Waals surface area contributed by atoms with Crippen LogP contribution in [0.15, 0.2) is 0 Å². The first-order chi connectivity index (χ1) is 10.8. The Morgan fingerprint density at radius 3 is 1.91 bits per heavy atom. The van der Waals surface area contributed by atoms with Gasteiger partial charge in [0.25, 0.3) is 0 Å². The third-order valence-electron chi connectivity index (χ3n) is 3.98. The lowest BCUT2D eigenvalue weighted by atomic mass is 9.99. The van der Waals surface area contributed by atoms with Gasteiger partial charge in [0.05, 0.1) is 17.6 Å².